The number of imidazole rings is 1. The van der Waals surface area contributed by atoms with Crippen LogP contribution in [0.5, 0.6) is 5.88 Å². The minimum atomic E-state index is -1.14. The van der Waals surface area contributed by atoms with Gasteiger partial charge < -0.3 is 29.4 Å². The van der Waals surface area contributed by atoms with E-state index in [0.29, 0.717) is 17.6 Å². The number of rotatable bonds is 10. The number of ether oxygens (including phenoxy) is 4. The largest absolute Gasteiger partial charge is 0.477 e. The Labute approximate surface area is 258 Å². The van der Waals surface area contributed by atoms with Gasteiger partial charge in [0.1, 0.15) is 36.8 Å². The minimum Gasteiger partial charge on any atom is -0.477 e. The van der Waals surface area contributed by atoms with Gasteiger partial charge in [0, 0.05) is 18.7 Å². The predicted molar refractivity (Wildman–Crippen MR) is 159 cm³/mol. The van der Waals surface area contributed by atoms with Crippen LogP contribution in [0.25, 0.3) is 11.2 Å². The molecule has 4 aromatic rings. The molecule has 0 spiro atoms. The number of aromatic nitrogens is 5. The standard InChI is InChI=1S/C31H33N7O7/c39-30(40)20-11-6-14-32-28(20)42-15-21-24-25(45-22(44-24)13-12-18-7-2-1-3-8-18)29(43-21)38-17-35-23-26(33-16-34-27(23)38)37-31(41)36-19-9-4-5-10-19/h1-3,6-8,11,14,16-17,19,21-22,24-25,29H,4-5,9-10,12-13,15H2,(H,39,40)(H2,33,34,36,37,41). The average Bonchev–Trinajstić information content (AvgIpc) is 3.85. The van der Waals surface area contributed by atoms with Crippen LogP contribution in [0, 0.1) is 0 Å². The van der Waals surface area contributed by atoms with Crippen LogP contribution in [-0.4, -0.2) is 78.9 Å². The normalized spacial score (nSPS) is 24.5. The van der Waals surface area contributed by atoms with Crippen molar-refractivity contribution in [2.75, 3.05) is 11.9 Å². The van der Waals surface area contributed by atoms with Gasteiger partial charge in [0.2, 0.25) is 5.88 Å². The smallest absolute Gasteiger partial charge is 0.341 e. The molecule has 5 unspecified atom stereocenters. The van der Waals surface area contributed by atoms with E-state index in [-0.39, 0.29) is 35.9 Å². The number of pyridine rings is 1. The number of aryl methyl sites for hydroxylation is 1. The third-order valence-corrected chi connectivity index (χ3v) is 8.36. The molecule has 2 saturated heterocycles. The molecule has 45 heavy (non-hydrogen) atoms. The third-order valence-electron chi connectivity index (χ3n) is 8.36. The molecule has 3 aliphatic rings. The summed E-state index contributed by atoms with van der Waals surface area (Å²) in [5.41, 5.74) is 1.96. The highest BCUT2D eigenvalue weighted by molar-refractivity contribution is 5.96. The molecule has 2 amide bonds. The van der Waals surface area contributed by atoms with Gasteiger partial charge >= 0.3 is 12.0 Å². The summed E-state index contributed by atoms with van der Waals surface area (Å²) in [6.07, 6.45) is 7.01. The van der Waals surface area contributed by atoms with Crippen LogP contribution < -0.4 is 15.4 Å². The van der Waals surface area contributed by atoms with Gasteiger partial charge in [-0.15, -0.1) is 0 Å². The van der Waals surface area contributed by atoms with E-state index in [2.05, 4.69) is 42.7 Å². The summed E-state index contributed by atoms with van der Waals surface area (Å²) in [4.78, 5) is 41.7. The lowest BCUT2D eigenvalue weighted by Crippen LogP contribution is -2.36. The van der Waals surface area contributed by atoms with Crippen LogP contribution >= 0.6 is 0 Å². The second-order valence-corrected chi connectivity index (χ2v) is 11.3. The van der Waals surface area contributed by atoms with Crippen LogP contribution in [0.4, 0.5) is 10.6 Å². The lowest BCUT2D eigenvalue weighted by atomic mass is 10.1. The quantitative estimate of drug-likeness (QED) is 0.238. The molecule has 1 aliphatic carbocycles. The number of benzene rings is 1. The van der Waals surface area contributed by atoms with E-state index < -0.39 is 36.8 Å². The van der Waals surface area contributed by atoms with E-state index in [1.54, 1.807) is 10.9 Å². The zero-order valence-corrected chi connectivity index (χ0v) is 24.3. The van der Waals surface area contributed by atoms with Gasteiger partial charge in [-0.1, -0.05) is 43.2 Å². The molecule has 1 aromatic carbocycles. The van der Waals surface area contributed by atoms with Gasteiger partial charge in [0.15, 0.2) is 29.5 Å². The molecular formula is C31H33N7O7. The number of carbonyl (C=O) groups is 2. The monoisotopic (exact) mass is 615 g/mol. The maximum atomic E-state index is 12.7. The molecule has 0 radical (unpaired) electrons. The number of nitrogens with zero attached hydrogens (tertiary/aromatic N) is 5. The molecule has 0 bridgehead atoms. The van der Waals surface area contributed by atoms with Crippen LogP contribution in [0.2, 0.25) is 0 Å². The molecule has 5 atom stereocenters. The molecule has 14 nitrogen and oxygen atoms in total. The van der Waals surface area contributed by atoms with E-state index in [1.165, 1.54) is 30.2 Å². The van der Waals surface area contributed by atoms with E-state index in [9.17, 15) is 14.7 Å². The number of hydrogen-bond acceptors (Lipinski definition) is 10. The number of urea groups is 1. The lowest BCUT2D eigenvalue weighted by Gasteiger charge is -2.21. The second kappa shape index (κ2) is 12.8. The summed E-state index contributed by atoms with van der Waals surface area (Å²) in [6.45, 7) is -0.0283. The molecule has 7 rings (SSSR count). The van der Waals surface area contributed by atoms with E-state index in [0.717, 1.165) is 32.1 Å². The van der Waals surface area contributed by atoms with Gasteiger partial charge in [0.05, 0.1) is 6.33 Å². The van der Waals surface area contributed by atoms with Crippen LogP contribution in [-0.2, 0) is 20.6 Å². The van der Waals surface area contributed by atoms with Crippen molar-refractivity contribution in [3.05, 3.63) is 72.4 Å². The van der Waals surface area contributed by atoms with Gasteiger partial charge in [0.25, 0.3) is 0 Å². The predicted octanol–water partition coefficient (Wildman–Crippen LogP) is 3.70. The number of nitrogens with one attached hydrogen (secondary N) is 2. The molecule has 1 saturated carbocycles. The SMILES string of the molecule is O=C(Nc1ncnc2c1ncn2C1OC(COc2ncccc2C(=O)O)C2OC(CCc3ccccc3)OC21)NC1CCCC1. The lowest BCUT2D eigenvalue weighted by molar-refractivity contribution is -0.151. The second-order valence-electron chi connectivity index (χ2n) is 11.3. The van der Waals surface area contributed by atoms with Gasteiger partial charge in [-0.05, 0) is 37.0 Å². The molecule has 3 aromatic heterocycles. The number of anilines is 1. The Morgan fingerprint density at radius 1 is 0.978 bits per heavy atom. The first-order valence-electron chi connectivity index (χ1n) is 15.1. The number of aromatic carboxylic acids is 1. The van der Waals surface area contributed by atoms with Gasteiger partial charge in [-0.3, -0.25) is 9.88 Å². The van der Waals surface area contributed by atoms with Crippen molar-refractivity contribution >= 4 is 29.0 Å². The molecule has 3 fully saturated rings. The van der Waals surface area contributed by atoms with Crippen molar-refractivity contribution < 1.29 is 33.6 Å². The molecular weight excluding hydrogens is 582 g/mol. The van der Waals surface area contributed by atoms with Crippen molar-refractivity contribution in [2.24, 2.45) is 0 Å². The number of carboxylic acid groups (broad SMARTS) is 1. The van der Waals surface area contributed by atoms with Crippen molar-refractivity contribution in [1.82, 2.24) is 29.8 Å². The minimum absolute atomic E-state index is 0.0134. The molecule has 2 aliphatic heterocycles. The Hall–Kier alpha value is -4.66. The molecule has 3 N–H and O–H groups in total. The zero-order chi connectivity index (χ0) is 30.8. The third kappa shape index (κ3) is 6.16. The van der Waals surface area contributed by atoms with Gasteiger partial charge in [-0.2, -0.15) is 0 Å². The number of carboxylic acids is 1. The number of hydrogen-bond donors (Lipinski definition) is 3. The fourth-order valence-electron chi connectivity index (χ4n) is 6.18. The van der Waals surface area contributed by atoms with E-state index in [4.69, 9.17) is 18.9 Å². The summed E-state index contributed by atoms with van der Waals surface area (Å²) >= 11 is 0. The highest BCUT2D eigenvalue weighted by atomic mass is 16.8. The van der Waals surface area contributed by atoms with Crippen LogP contribution in [0.3, 0.4) is 0 Å². The number of fused-ring (bicyclic) bond motifs is 2. The van der Waals surface area contributed by atoms with Crippen molar-refractivity contribution in [3.63, 3.8) is 0 Å². The van der Waals surface area contributed by atoms with E-state index in [1.807, 2.05) is 18.2 Å². The maximum absolute atomic E-state index is 12.7. The van der Waals surface area contributed by atoms with Crippen molar-refractivity contribution in [3.8, 4) is 5.88 Å². The first-order valence-corrected chi connectivity index (χ1v) is 15.1. The summed E-state index contributed by atoms with van der Waals surface area (Å²) < 4.78 is 26.8. The highest BCUT2D eigenvalue weighted by Gasteiger charge is 2.54. The molecule has 5 heterocycles. The Balaban J connectivity index is 1.12. The Kier molecular flexibility index (Phi) is 8.24. The molecule has 14 heteroatoms. The van der Waals surface area contributed by atoms with E-state index >= 15 is 0 Å². The summed E-state index contributed by atoms with van der Waals surface area (Å²) in [6, 6.07) is 12.9. The first kappa shape index (κ1) is 29.1. The van der Waals surface area contributed by atoms with Crippen LogP contribution in [0.15, 0.2) is 61.3 Å². The van der Waals surface area contributed by atoms with Crippen LogP contribution in [0.1, 0.15) is 54.3 Å². The Bertz CT molecular complexity index is 1660. The highest BCUT2D eigenvalue weighted by Crippen LogP contribution is 2.41. The average molecular weight is 616 g/mol. The number of amides is 2. The number of carbonyl (C=O) groups excluding carboxylic acids is 1. The summed E-state index contributed by atoms with van der Waals surface area (Å²) in [5, 5.41) is 15.4. The maximum Gasteiger partial charge on any atom is 0.341 e. The zero-order valence-electron chi connectivity index (χ0n) is 24.3. The first-order chi connectivity index (χ1) is 22.0. The van der Waals surface area contributed by atoms with Crippen molar-refractivity contribution in [2.45, 2.75) is 75.4 Å². The van der Waals surface area contributed by atoms with Crippen molar-refractivity contribution in [1.29, 1.82) is 0 Å². The summed E-state index contributed by atoms with van der Waals surface area (Å²) in [7, 11) is 0. The Morgan fingerprint density at radius 3 is 2.62 bits per heavy atom. The fourth-order valence-corrected chi connectivity index (χ4v) is 6.18. The topological polar surface area (TPSA) is 172 Å². The molecule has 234 valence electrons. The van der Waals surface area contributed by atoms with Gasteiger partial charge in [-0.25, -0.2) is 29.5 Å². The Morgan fingerprint density at radius 2 is 1.80 bits per heavy atom. The summed E-state index contributed by atoms with van der Waals surface area (Å²) in [5.74, 6) is -0.876. The fraction of sp³-hybridized carbons (Fsp3) is 0.419.